The minimum absolute atomic E-state index is 0.0137. The summed E-state index contributed by atoms with van der Waals surface area (Å²) in [7, 11) is 0. The molecule has 0 saturated carbocycles. The Morgan fingerprint density at radius 2 is 1.57 bits per heavy atom. The van der Waals surface area contributed by atoms with Crippen LogP contribution in [0.25, 0.3) is 0 Å². The second-order valence-electron chi connectivity index (χ2n) is 13.4. The molecule has 3 rings (SSSR count). The number of unbranched alkanes of at least 4 members (excludes halogenated alkanes) is 5. The summed E-state index contributed by atoms with van der Waals surface area (Å²) < 4.78 is 2.01. The third-order valence-corrected chi connectivity index (χ3v) is 10.9. The molecule has 0 bridgehead atoms. The van der Waals surface area contributed by atoms with Gasteiger partial charge < -0.3 is 9.80 Å². The number of benzene rings is 2. The number of para-hydroxylation sites is 1. The van der Waals surface area contributed by atoms with Crippen molar-refractivity contribution in [3.63, 3.8) is 0 Å². The molecule has 2 unspecified atom stereocenters. The number of halogens is 1. The average molecular weight is 670 g/mol. The number of quaternary nitrogens is 1. The van der Waals surface area contributed by atoms with E-state index in [0.29, 0.717) is 18.7 Å². The second-order valence-corrected chi connectivity index (χ2v) is 14.2. The Kier molecular flexibility index (Phi) is 15.1. The molecule has 1 N–H and O–H groups in total. The number of rotatable bonds is 18. The number of carbonyl (C=O) groups is 2. The van der Waals surface area contributed by atoms with Crippen LogP contribution < -0.4 is 5.32 Å². The van der Waals surface area contributed by atoms with Crippen molar-refractivity contribution in [1.82, 2.24) is 4.90 Å². The Morgan fingerprint density at radius 3 is 2.25 bits per heavy atom. The van der Waals surface area contributed by atoms with E-state index >= 15 is 0 Å². The smallest absolute Gasteiger partial charge is 0.241 e. The first-order valence-electron chi connectivity index (χ1n) is 17.3. The van der Waals surface area contributed by atoms with E-state index in [4.69, 9.17) is 0 Å². The first kappa shape index (κ1) is 36.4. The summed E-state index contributed by atoms with van der Waals surface area (Å²) in [5, 5.41) is 3.25. The number of likely N-dealkylation sites (N-methyl/N-ethyl adjacent to an activating group) is 1. The number of aryl methyl sites for hydroxylation is 3. The van der Waals surface area contributed by atoms with Gasteiger partial charge in [0.2, 0.25) is 5.91 Å². The highest BCUT2D eigenvalue weighted by Gasteiger charge is 2.29. The maximum absolute atomic E-state index is 13.3. The molecule has 1 aliphatic heterocycles. The van der Waals surface area contributed by atoms with Crippen molar-refractivity contribution in [2.75, 3.05) is 44.6 Å². The van der Waals surface area contributed by atoms with Crippen LogP contribution in [0, 0.1) is 27.7 Å². The summed E-state index contributed by atoms with van der Waals surface area (Å²) in [5.74, 6) is 0.524. The van der Waals surface area contributed by atoms with Gasteiger partial charge in [-0.1, -0.05) is 72.8 Å². The van der Waals surface area contributed by atoms with Crippen LogP contribution in [0.4, 0.5) is 5.69 Å². The molecular formula is C38H59BrN3O2+. The fourth-order valence-corrected chi connectivity index (χ4v) is 7.55. The van der Waals surface area contributed by atoms with E-state index in [1.165, 1.54) is 55.2 Å². The number of likely N-dealkylation sites (tertiary alicyclic amines) is 1. The van der Waals surface area contributed by atoms with Crippen LogP contribution in [-0.4, -0.2) is 66.4 Å². The van der Waals surface area contributed by atoms with Crippen molar-refractivity contribution in [2.45, 2.75) is 118 Å². The Bertz CT molecular complexity index is 1210. The molecular weight excluding hydrogens is 610 g/mol. The van der Waals surface area contributed by atoms with E-state index in [1.807, 2.05) is 6.07 Å². The van der Waals surface area contributed by atoms with Crippen LogP contribution in [0.3, 0.4) is 0 Å². The Labute approximate surface area is 276 Å². The van der Waals surface area contributed by atoms with Crippen molar-refractivity contribution >= 4 is 33.3 Å². The minimum Gasteiger partial charge on any atom is -0.324 e. The van der Waals surface area contributed by atoms with Gasteiger partial charge in [0.1, 0.15) is 6.54 Å². The van der Waals surface area contributed by atoms with E-state index in [0.717, 1.165) is 84.2 Å². The van der Waals surface area contributed by atoms with Crippen molar-refractivity contribution in [2.24, 2.45) is 0 Å². The number of anilines is 1. The Balaban J connectivity index is 1.40. The summed E-state index contributed by atoms with van der Waals surface area (Å²) in [6.45, 7) is 18.7. The highest BCUT2D eigenvalue weighted by atomic mass is 79.9. The van der Waals surface area contributed by atoms with E-state index in [-0.39, 0.29) is 11.9 Å². The maximum atomic E-state index is 13.3. The molecule has 1 saturated heterocycles. The molecule has 2 aromatic carbocycles. The maximum Gasteiger partial charge on any atom is 0.241 e. The zero-order valence-corrected chi connectivity index (χ0v) is 30.2. The molecule has 0 spiro atoms. The van der Waals surface area contributed by atoms with Crippen molar-refractivity contribution in [3.8, 4) is 0 Å². The van der Waals surface area contributed by atoms with Crippen LogP contribution in [-0.2, 0) is 16.0 Å². The minimum atomic E-state index is -0.0137. The predicted octanol–water partition coefficient (Wildman–Crippen LogP) is 8.87. The van der Waals surface area contributed by atoms with Gasteiger partial charge in [0.25, 0.3) is 0 Å². The van der Waals surface area contributed by atoms with E-state index in [9.17, 15) is 9.59 Å². The molecule has 5 nitrogen and oxygen atoms in total. The molecule has 2 atom stereocenters. The number of Topliss-reactive ketones (excluding diaryl/α,β-unsaturated/α-hetero) is 1. The number of hydrogen-bond donors (Lipinski definition) is 1. The first-order valence-corrected chi connectivity index (χ1v) is 18.1. The van der Waals surface area contributed by atoms with Crippen molar-refractivity contribution in [3.05, 3.63) is 62.6 Å². The molecule has 1 heterocycles. The van der Waals surface area contributed by atoms with Crippen LogP contribution >= 0.6 is 15.9 Å². The molecule has 1 fully saturated rings. The fraction of sp³-hybridized carbons (Fsp3) is 0.632. The number of ketones is 1. The standard InChI is InChI=1S/C38H58BrN3O2/c1-7-25-42(8-2,28-33(43)27-34-29(3)21-22-35(39)32(34)6)26-16-12-10-9-11-14-23-41-24-15-13-20-36(41)38(44)40-37-30(4)18-17-19-31(37)5/h17-19,21-22,36H,7-16,20,23-28H2,1-6H3/p+1. The molecule has 1 amide bonds. The number of piperidine rings is 1. The molecule has 1 aliphatic rings. The van der Waals surface area contributed by atoms with E-state index in [2.05, 4.69) is 92.0 Å². The number of nitrogens with one attached hydrogen (secondary N) is 1. The number of amides is 1. The van der Waals surface area contributed by atoms with Gasteiger partial charge in [-0.3, -0.25) is 14.5 Å². The Hall–Kier alpha value is -2.02. The molecule has 0 radical (unpaired) electrons. The zero-order valence-electron chi connectivity index (χ0n) is 28.6. The second kappa shape index (κ2) is 18.2. The zero-order chi connectivity index (χ0) is 32.1. The molecule has 0 aromatic heterocycles. The normalized spacial score (nSPS) is 16.9. The third kappa shape index (κ3) is 10.5. The lowest BCUT2D eigenvalue weighted by Crippen LogP contribution is -2.52. The molecule has 2 aromatic rings. The average Bonchev–Trinajstić information content (AvgIpc) is 3.00. The van der Waals surface area contributed by atoms with Gasteiger partial charge >= 0.3 is 0 Å². The topological polar surface area (TPSA) is 49.4 Å². The van der Waals surface area contributed by atoms with Crippen molar-refractivity contribution < 1.29 is 14.1 Å². The lowest BCUT2D eigenvalue weighted by molar-refractivity contribution is -0.919. The van der Waals surface area contributed by atoms with Gasteiger partial charge in [0, 0.05) is 16.6 Å². The lowest BCUT2D eigenvalue weighted by atomic mass is 9.97. The number of carbonyl (C=O) groups excluding carboxylic acids is 2. The van der Waals surface area contributed by atoms with Gasteiger partial charge in [-0.05, 0) is 120 Å². The molecule has 0 aliphatic carbocycles. The highest BCUT2D eigenvalue weighted by molar-refractivity contribution is 9.10. The predicted molar refractivity (Wildman–Crippen MR) is 189 cm³/mol. The van der Waals surface area contributed by atoms with Crippen molar-refractivity contribution in [1.29, 1.82) is 0 Å². The molecule has 44 heavy (non-hydrogen) atoms. The summed E-state index contributed by atoms with van der Waals surface area (Å²) in [6.07, 6.45) is 12.2. The quantitative estimate of drug-likeness (QED) is 0.127. The lowest BCUT2D eigenvalue weighted by Gasteiger charge is -2.37. The van der Waals surface area contributed by atoms with Gasteiger partial charge in [-0.15, -0.1) is 0 Å². The van der Waals surface area contributed by atoms with Gasteiger partial charge in [0.15, 0.2) is 5.78 Å². The summed E-state index contributed by atoms with van der Waals surface area (Å²) in [5.41, 5.74) is 6.82. The van der Waals surface area contributed by atoms with Gasteiger partial charge in [0.05, 0.1) is 25.7 Å². The largest absolute Gasteiger partial charge is 0.324 e. The Morgan fingerprint density at radius 1 is 0.886 bits per heavy atom. The van der Waals surface area contributed by atoms with Crippen LogP contribution in [0.2, 0.25) is 0 Å². The SMILES string of the molecule is CCC[N+](CC)(CCCCCCCCN1CCCCC1C(=O)Nc1c(C)cccc1C)CC(=O)Cc1c(C)ccc(Br)c1C. The summed E-state index contributed by atoms with van der Waals surface area (Å²) in [4.78, 5) is 29.0. The van der Waals surface area contributed by atoms with E-state index in [1.54, 1.807) is 0 Å². The third-order valence-electron chi connectivity index (χ3n) is 9.99. The van der Waals surface area contributed by atoms with Gasteiger partial charge in [-0.2, -0.15) is 0 Å². The number of hydrogen-bond acceptors (Lipinski definition) is 3. The highest BCUT2D eigenvalue weighted by Crippen LogP contribution is 2.25. The number of nitrogens with zero attached hydrogens (tertiary/aromatic N) is 2. The van der Waals surface area contributed by atoms with Crippen LogP contribution in [0.15, 0.2) is 34.8 Å². The first-order chi connectivity index (χ1) is 21.1. The van der Waals surface area contributed by atoms with Crippen LogP contribution in [0.1, 0.15) is 106 Å². The molecule has 6 heteroatoms. The molecule has 244 valence electrons. The van der Waals surface area contributed by atoms with Gasteiger partial charge in [-0.25, -0.2) is 0 Å². The summed E-state index contributed by atoms with van der Waals surface area (Å²) >= 11 is 3.64. The van der Waals surface area contributed by atoms with E-state index < -0.39 is 0 Å². The monoisotopic (exact) mass is 668 g/mol. The summed E-state index contributed by atoms with van der Waals surface area (Å²) in [6, 6.07) is 10.4. The van der Waals surface area contributed by atoms with Crippen LogP contribution in [0.5, 0.6) is 0 Å². The fourth-order valence-electron chi connectivity index (χ4n) is 7.18.